The van der Waals surface area contributed by atoms with E-state index in [2.05, 4.69) is 8.37 Å². The van der Waals surface area contributed by atoms with E-state index in [1.807, 2.05) is 0 Å². The van der Waals surface area contributed by atoms with Crippen molar-refractivity contribution in [2.75, 3.05) is 25.6 Å². The lowest BCUT2D eigenvalue weighted by atomic mass is 10.2. The Kier molecular flexibility index (Phi) is 5.79. The summed E-state index contributed by atoms with van der Waals surface area (Å²) in [7, 11) is -7.51. The third kappa shape index (κ3) is 7.09. The van der Waals surface area contributed by atoms with Crippen molar-refractivity contribution in [3.63, 3.8) is 0 Å². The van der Waals surface area contributed by atoms with Crippen LogP contribution in [-0.2, 0) is 28.6 Å². The van der Waals surface area contributed by atoms with E-state index in [4.69, 9.17) is 11.5 Å². The lowest BCUT2D eigenvalue weighted by Crippen LogP contribution is -2.44. The summed E-state index contributed by atoms with van der Waals surface area (Å²) in [6, 6.07) is 0. The minimum atomic E-state index is -3.76. The van der Waals surface area contributed by atoms with Gasteiger partial charge >= 0.3 is 0 Å². The van der Waals surface area contributed by atoms with Gasteiger partial charge in [-0.25, -0.2) is 0 Å². The average molecular weight is 276 g/mol. The first-order chi connectivity index (χ1) is 7.09. The predicted molar refractivity (Wildman–Crippen MR) is 57.5 cm³/mol. The SMILES string of the molecule is CS(=O)(=O)OC(CN)C(CN)OS(C)(=O)=O. The molecule has 0 aromatic heterocycles. The van der Waals surface area contributed by atoms with Crippen LogP contribution < -0.4 is 11.5 Å². The average Bonchev–Trinajstić information content (AvgIpc) is 2.07. The molecule has 2 unspecified atom stereocenters. The number of hydrogen-bond acceptors (Lipinski definition) is 8. The molecule has 0 fully saturated rings. The Hall–Kier alpha value is -0.260. The standard InChI is InChI=1S/C6H16N2O6S2/c1-15(9,10)13-5(3-7)6(4-8)14-16(2,11)12/h5-6H,3-4,7-8H2,1-2H3. The van der Waals surface area contributed by atoms with Crippen molar-refractivity contribution in [2.24, 2.45) is 11.5 Å². The topological polar surface area (TPSA) is 139 Å². The second kappa shape index (κ2) is 5.89. The highest BCUT2D eigenvalue weighted by Crippen LogP contribution is 2.08. The van der Waals surface area contributed by atoms with E-state index in [1.54, 1.807) is 0 Å². The fraction of sp³-hybridized carbons (Fsp3) is 1.00. The highest BCUT2D eigenvalue weighted by atomic mass is 32.2. The molecule has 8 nitrogen and oxygen atoms in total. The van der Waals surface area contributed by atoms with E-state index < -0.39 is 32.4 Å². The molecule has 0 aliphatic carbocycles. The molecule has 0 saturated carbocycles. The van der Waals surface area contributed by atoms with E-state index >= 15 is 0 Å². The molecular weight excluding hydrogens is 260 g/mol. The molecule has 2 atom stereocenters. The van der Waals surface area contributed by atoms with Crippen LogP contribution in [-0.4, -0.2) is 54.6 Å². The van der Waals surface area contributed by atoms with Crippen molar-refractivity contribution in [2.45, 2.75) is 12.2 Å². The third-order valence-corrected chi connectivity index (χ3v) is 2.67. The number of rotatable bonds is 7. The number of nitrogens with two attached hydrogens (primary N) is 2. The smallest absolute Gasteiger partial charge is 0.264 e. The van der Waals surface area contributed by atoms with E-state index in [9.17, 15) is 16.8 Å². The van der Waals surface area contributed by atoms with Gasteiger partial charge in [0, 0.05) is 13.1 Å². The summed E-state index contributed by atoms with van der Waals surface area (Å²) < 4.78 is 52.6. The van der Waals surface area contributed by atoms with E-state index in [1.165, 1.54) is 0 Å². The van der Waals surface area contributed by atoms with Gasteiger partial charge in [-0.2, -0.15) is 16.8 Å². The zero-order valence-electron chi connectivity index (χ0n) is 8.99. The molecule has 98 valence electrons. The molecule has 0 spiro atoms. The summed E-state index contributed by atoms with van der Waals surface area (Å²) in [6.07, 6.45) is -0.614. The first kappa shape index (κ1) is 15.7. The van der Waals surface area contributed by atoms with Crippen LogP contribution in [0.5, 0.6) is 0 Å². The van der Waals surface area contributed by atoms with Gasteiger partial charge in [0.2, 0.25) is 0 Å². The molecule has 0 amide bonds. The summed E-state index contributed by atoms with van der Waals surface area (Å²) in [5.74, 6) is 0. The summed E-state index contributed by atoms with van der Waals surface area (Å²) in [4.78, 5) is 0. The fourth-order valence-corrected chi connectivity index (χ4v) is 2.26. The van der Waals surface area contributed by atoms with Crippen LogP contribution in [0.25, 0.3) is 0 Å². The first-order valence-electron chi connectivity index (χ1n) is 4.25. The van der Waals surface area contributed by atoms with Crippen LogP contribution in [0.4, 0.5) is 0 Å². The van der Waals surface area contributed by atoms with Crippen molar-refractivity contribution in [1.82, 2.24) is 0 Å². The maximum atomic E-state index is 10.9. The predicted octanol–water partition coefficient (Wildman–Crippen LogP) is -2.41. The van der Waals surface area contributed by atoms with Gasteiger partial charge < -0.3 is 11.5 Å². The Morgan fingerprint density at radius 3 is 1.25 bits per heavy atom. The minimum absolute atomic E-state index is 0.232. The summed E-state index contributed by atoms with van der Waals surface area (Å²) in [5.41, 5.74) is 10.5. The number of hydrogen-bond donors (Lipinski definition) is 2. The zero-order valence-corrected chi connectivity index (χ0v) is 10.6. The molecule has 0 bridgehead atoms. The third-order valence-electron chi connectivity index (χ3n) is 1.48. The molecule has 0 aromatic rings. The Balaban J connectivity index is 4.77. The molecule has 16 heavy (non-hydrogen) atoms. The Morgan fingerprint density at radius 2 is 1.12 bits per heavy atom. The van der Waals surface area contributed by atoms with Gasteiger partial charge in [-0.05, 0) is 0 Å². The molecule has 10 heteroatoms. The van der Waals surface area contributed by atoms with Gasteiger partial charge in [0.25, 0.3) is 20.2 Å². The Morgan fingerprint density at radius 1 is 0.875 bits per heavy atom. The monoisotopic (exact) mass is 276 g/mol. The first-order valence-corrected chi connectivity index (χ1v) is 7.89. The van der Waals surface area contributed by atoms with Crippen LogP contribution in [0.2, 0.25) is 0 Å². The zero-order chi connectivity index (χ0) is 13.0. The Labute approximate surface area is 95.1 Å². The van der Waals surface area contributed by atoms with Crippen LogP contribution in [0.3, 0.4) is 0 Å². The molecule has 0 aliphatic heterocycles. The highest BCUT2D eigenvalue weighted by molar-refractivity contribution is 7.86. The highest BCUT2D eigenvalue weighted by Gasteiger charge is 2.27. The van der Waals surface area contributed by atoms with Gasteiger partial charge in [0.1, 0.15) is 12.2 Å². The van der Waals surface area contributed by atoms with Crippen LogP contribution in [0.1, 0.15) is 0 Å². The summed E-state index contributed by atoms with van der Waals surface area (Å²) >= 11 is 0. The largest absolute Gasteiger partial charge is 0.328 e. The van der Waals surface area contributed by atoms with E-state index in [0.717, 1.165) is 12.5 Å². The Bertz CT molecular complexity index is 363. The molecule has 0 heterocycles. The molecule has 4 N–H and O–H groups in total. The molecule has 0 aliphatic rings. The van der Waals surface area contributed by atoms with Crippen LogP contribution in [0.15, 0.2) is 0 Å². The molecule has 0 radical (unpaired) electrons. The van der Waals surface area contributed by atoms with Crippen molar-refractivity contribution < 1.29 is 25.2 Å². The second-order valence-corrected chi connectivity index (χ2v) is 6.35. The quantitative estimate of drug-likeness (QED) is 0.490. The van der Waals surface area contributed by atoms with Gasteiger partial charge in [-0.15, -0.1) is 0 Å². The van der Waals surface area contributed by atoms with E-state index in [-0.39, 0.29) is 13.1 Å². The van der Waals surface area contributed by atoms with Gasteiger partial charge in [0.05, 0.1) is 12.5 Å². The van der Waals surface area contributed by atoms with Gasteiger partial charge in [-0.1, -0.05) is 0 Å². The second-order valence-electron chi connectivity index (χ2n) is 3.15. The van der Waals surface area contributed by atoms with Gasteiger partial charge in [0.15, 0.2) is 0 Å². The fourth-order valence-electron chi connectivity index (χ4n) is 0.955. The van der Waals surface area contributed by atoms with Gasteiger partial charge in [-0.3, -0.25) is 8.37 Å². The molecule has 0 saturated heterocycles. The van der Waals surface area contributed by atoms with E-state index in [0.29, 0.717) is 0 Å². The molecule has 0 aromatic carbocycles. The summed E-state index contributed by atoms with van der Waals surface area (Å²) in [5, 5.41) is 0. The lowest BCUT2D eigenvalue weighted by Gasteiger charge is -2.22. The normalized spacial score (nSPS) is 17.0. The van der Waals surface area contributed by atoms with Crippen molar-refractivity contribution in [1.29, 1.82) is 0 Å². The maximum absolute atomic E-state index is 10.9. The molecular formula is C6H16N2O6S2. The van der Waals surface area contributed by atoms with Crippen LogP contribution >= 0.6 is 0 Å². The van der Waals surface area contributed by atoms with Crippen molar-refractivity contribution in [3.05, 3.63) is 0 Å². The summed E-state index contributed by atoms with van der Waals surface area (Å²) in [6.45, 7) is -0.463. The molecule has 0 rings (SSSR count). The minimum Gasteiger partial charge on any atom is -0.328 e. The van der Waals surface area contributed by atoms with Crippen molar-refractivity contribution in [3.8, 4) is 0 Å². The van der Waals surface area contributed by atoms with Crippen LogP contribution in [0, 0.1) is 0 Å². The maximum Gasteiger partial charge on any atom is 0.264 e. The van der Waals surface area contributed by atoms with Crippen molar-refractivity contribution >= 4 is 20.2 Å². The lowest BCUT2D eigenvalue weighted by molar-refractivity contribution is 0.0751.